The van der Waals surface area contributed by atoms with E-state index in [-0.39, 0.29) is 33.4 Å². The molecule has 2 unspecified atom stereocenters. The highest BCUT2D eigenvalue weighted by atomic mass is 35.5. The van der Waals surface area contributed by atoms with Gasteiger partial charge in [-0.3, -0.25) is 14.5 Å². The second kappa shape index (κ2) is 9.69. The van der Waals surface area contributed by atoms with Gasteiger partial charge >= 0.3 is 0 Å². The molecule has 2 aromatic carbocycles. The smallest absolute Gasteiger partial charge is 0.262 e. The van der Waals surface area contributed by atoms with Gasteiger partial charge in [0.15, 0.2) is 5.78 Å². The van der Waals surface area contributed by atoms with Crippen LogP contribution in [-0.2, 0) is 14.8 Å². The number of anilines is 2. The van der Waals surface area contributed by atoms with E-state index in [0.717, 1.165) is 6.07 Å². The van der Waals surface area contributed by atoms with Gasteiger partial charge < -0.3 is 9.64 Å². The lowest BCUT2D eigenvalue weighted by Gasteiger charge is -2.37. The number of halogens is 2. The van der Waals surface area contributed by atoms with Crippen LogP contribution in [0.25, 0.3) is 0 Å². The summed E-state index contributed by atoms with van der Waals surface area (Å²) in [6.07, 6.45) is 2.77. The minimum absolute atomic E-state index is 0.0338. The molecule has 34 heavy (non-hydrogen) atoms. The second-order valence-corrected chi connectivity index (χ2v) is 10.3. The van der Waals surface area contributed by atoms with Crippen molar-refractivity contribution < 1.29 is 22.3 Å². The molecule has 1 N–H and O–H groups in total. The van der Waals surface area contributed by atoms with Gasteiger partial charge in [-0.25, -0.2) is 12.8 Å². The van der Waals surface area contributed by atoms with Gasteiger partial charge in [0.2, 0.25) is 0 Å². The molecular weight excluding hydrogens is 481 g/mol. The van der Waals surface area contributed by atoms with E-state index in [9.17, 15) is 17.6 Å². The van der Waals surface area contributed by atoms with Crippen LogP contribution in [0.2, 0.25) is 5.02 Å². The molecule has 7 nitrogen and oxygen atoms in total. The molecule has 0 radical (unpaired) electrons. The highest BCUT2D eigenvalue weighted by molar-refractivity contribution is 7.92. The lowest BCUT2D eigenvalue weighted by Crippen LogP contribution is -2.45. The number of sulfonamides is 1. The van der Waals surface area contributed by atoms with Crippen molar-refractivity contribution in [1.29, 1.82) is 0 Å². The zero-order chi connectivity index (χ0) is 24.5. The highest BCUT2D eigenvalue weighted by Gasteiger charge is 2.26. The van der Waals surface area contributed by atoms with Gasteiger partial charge in [-0.05, 0) is 62.4 Å². The number of hydrogen-bond acceptors (Lipinski definition) is 6. The summed E-state index contributed by atoms with van der Waals surface area (Å²) in [6, 6.07) is 11.0. The zero-order valence-corrected chi connectivity index (χ0v) is 20.1. The third-order valence-electron chi connectivity index (χ3n) is 5.40. The molecular formula is C24H23ClFN3O4S. The first-order chi connectivity index (χ1) is 16.1. The first-order valence-corrected chi connectivity index (χ1v) is 12.5. The average Bonchev–Trinajstić information content (AvgIpc) is 2.79. The van der Waals surface area contributed by atoms with Crippen LogP contribution < -0.4 is 9.62 Å². The van der Waals surface area contributed by atoms with Crippen LogP contribution in [0.3, 0.4) is 0 Å². The van der Waals surface area contributed by atoms with Crippen molar-refractivity contribution in [2.24, 2.45) is 0 Å². The maximum absolute atomic E-state index is 15.0. The maximum atomic E-state index is 15.0. The molecule has 178 valence electrons. The van der Waals surface area contributed by atoms with Gasteiger partial charge in [0.1, 0.15) is 5.82 Å². The van der Waals surface area contributed by atoms with Crippen LogP contribution in [0.15, 0.2) is 65.8 Å². The third kappa shape index (κ3) is 5.22. The number of ether oxygens (including phenoxy) is 1. The number of pyridine rings is 1. The van der Waals surface area contributed by atoms with Crippen molar-refractivity contribution in [3.8, 4) is 0 Å². The van der Waals surface area contributed by atoms with E-state index in [1.165, 1.54) is 54.9 Å². The summed E-state index contributed by atoms with van der Waals surface area (Å²) in [7, 11) is -4.20. The first kappa shape index (κ1) is 24.1. The lowest BCUT2D eigenvalue weighted by atomic mass is 10.0. The van der Waals surface area contributed by atoms with Crippen molar-refractivity contribution in [2.75, 3.05) is 22.7 Å². The van der Waals surface area contributed by atoms with Crippen molar-refractivity contribution >= 4 is 38.8 Å². The third-order valence-corrected chi connectivity index (χ3v) is 7.00. The summed E-state index contributed by atoms with van der Waals surface area (Å²) in [5.41, 5.74) is 0.727. The summed E-state index contributed by atoms with van der Waals surface area (Å²) >= 11 is 6.06. The van der Waals surface area contributed by atoms with Crippen molar-refractivity contribution in [3.63, 3.8) is 0 Å². The highest BCUT2D eigenvalue weighted by Crippen LogP contribution is 2.29. The topological polar surface area (TPSA) is 88.6 Å². The molecule has 2 atom stereocenters. The SMILES string of the molecule is CC1CN(c2ccc(S(=O)(=O)Nc3ccc(Cl)cc3C(=O)c3ccncc3)cc2F)CC(C)O1. The van der Waals surface area contributed by atoms with E-state index < -0.39 is 21.6 Å². The van der Waals surface area contributed by atoms with Crippen molar-refractivity contribution in [2.45, 2.75) is 31.0 Å². The number of rotatable bonds is 6. The summed E-state index contributed by atoms with van der Waals surface area (Å²) < 4.78 is 49.2. The normalized spacial score (nSPS) is 18.5. The minimum atomic E-state index is -4.20. The van der Waals surface area contributed by atoms with Crippen LogP contribution >= 0.6 is 11.6 Å². The van der Waals surface area contributed by atoms with Gasteiger partial charge in [0, 0.05) is 41.6 Å². The average molecular weight is 504 g/mol. The van der Waals surface area contributed by atoms with Gasteiger partial charge in [0.25, 0.3) is 10.0 Å². The zero-order valence-electron chi connectivity index (χ0n) is 18.5. The molecule has 3 aromatic rings. The van der Waals surface area contributed by atoms with Crippen LogP contribution in [0.1, 0.15) is 29.8 Å². The maximum Gasteiger partial charge on any atom is 0.262 e. The van der Waals surface area contributed by atoms with Gasteiger partial charge in [0.05, 0.1) is 28.5 Å². The molecule has 10 heteroatoms. The molecule has 4 rings (SSSR count). The monoisotopic (exact) mass is 503 g/mol. The Bertz CT molecular complexity index is 1310. The quantitative estimate of drug-likeness (QED) is 0.497. The Kier molecular flexibility index (Phi) is 6.88. The predicted molar refractivity (Wildman–Crippen MR) is 129 cm³/mol. The summed E-state index contributed by atoms with van der Waals surface area (Å²) in [4.78, 5) is 18.4. The number of nitrogens with zero attached hydrogens (tertiary/aromatic N) is 2. The summed E-state index contributed by atoms with van der Waals surface area (Å²) in [5, 5.41) is 0.268. The summed E-state index contributed by atoms with van der Waals surface area (Å²) in [6.45, 7) is 4.80. The van der Waals surface area contributed by atoms with E-state index in [2.05, 4.69) is 9.71 Å². The Morgan fingerprint density at radius 1 is 1.09 bits per heavy atom. The fraction of sp³-hybridized carbons (Fsp3) is 0.250. The number of aromatic nitrogens is 1. The lowest BCUT2D eigenvalue weighted by molar-refractivity contribution is -0.00540. The fourth-order valence-electron chi connectivity index (χ4n) is 3.94. The molecule has 2 heterocycles. The fourth-order valence-corrected chi connectivity index (χ4v) is 5.20. The molecule has 1 aliphatic rings. The van der Waals surface area contributed by atoms with Crippen LogP contribution in [-0.4, -0.2) is 44.5 Å². The Morgan fingerprint density at radius 3 is 2.41 bits per heavy atom. The Labute approximate surface area is 202 Å². The summed E-state index contributed by atoms with van der Waals surface area (Å²) in [5.74, 6) is -1.09. The van der Waals surface area contributed by atoms with Crippen molar-refractivity contribution in [3.05, 3.63) is 82.9 Å². The minimum Gasteiger partial charge on any atom is -0.372 e. The van der Waals surface area contributed by atoms with Gasteiger partial charge in [-0.2, -0.15) is 0 Å². The van der Waals surface area contributed by atoms with E-state index in [1.807, 2.05) is 18.7 Å². The Hall–Kier alpha value is -3.01. The number of carbonyl (C=O) groups excluding carboxylic acids is 1. The number of benzene rings is 2. The Morgan fingerprint density at radius 2 is 1.76 bits per heavy atom. The van der Waals surface area contributed by atoms with Gasteiger partial charge in [-0.15, -0.1) is 0 Å². The number of carbonyl (C=O) groups is 1. The number of morpholine rings is 1. The van der Waals surface area contributed by atoms with Crippen LogP contribution in [0, 0.1) is 5.82 Å². The van der Waals surface area contributed by atoms with E-state index in [4.69, 9.17) is 16.3 Å². The van der Waals surface area contributed by atoms with E-state index in [0.29, 0.717) is 24.3 Å². The molecule has 0 spiro atoms. The number of hydrogen-bond donors (Lipinski definition) is 1. The molecule has 1 saturated heterocycles. The number of nitrogens with one attached hydrogen (secondary N) is 1. The molecule has 1 fully saturated rings. The van der Waals surface area contributed by atoms with Gasteiger partial charge in [-0.1, -0.05) is 11.6 Å². The molecule has 0 amide bonds. The molecule has 0 bridgehead atoms. The Balaban J connectivity index is 1.63. The second-order valence-electron chi connectivity index (χ2n) is 8.14. The van der Waals surface area contributed by atoms with Crippen LogP contribution in [0.4, 0.5) is 15.8 Å². The van der Waals surface area contributed by atoms with E-state index >= 15 is 0 Å². The van der Waals surface area contributed by atoms with Crippen LogP contribution in [0.5, 0.6) is 0 Å². The van der Waals surface area contributed by atoms with Crippen molar-refractivity contribution in [1.82, 2.24) is 4.98 Å². The predicted octanol–water partition coefficient (Wildman–Crippen LogP) is 4.52. The standard InChI is InChI=1S/C24H23ClFN3O4S/c1-15-13-29(14-16(2)33-15)23-6-4-19(12-21(23)26)34(31,32)28-22-5-3-18(25)11-20(22)24(30)17-7-9-27-10-8-17/h3-12,15-16,28H,13-14H2,1-2H3. The molecule has 0 saturated carbocycles. The molecule has 1 aliphatic heterocycles. The van der Waals surface area contributed by atoms with E-state index in [1.54, 1.807) is 0 Å². The molecule has 0 aliphatic carbocycles. The number of ketones is 1. The molecule has 1 aromatic heterocycles. The first-order valence-electron chi connectivity index (χ1n) is 10.6. The largest absolute Gasteiger partial charge is 0.372 e.